The van der Waals surface area contributed by atoms with Gasteiger partial charge in [0, 0.05) is 13.7 Å². The monoisotopic (exact) mass is 319 g/mol. The van der Waals surface area contributed by atoms with Crippen LogP contribution in [0.3, 0.4) is 0 Å². The Morgan fingerprint density at radius 2 is 1.65 bits per heavy atom. The third-order valence-electron chi connectivity index (χ3n) is 4.05. The molecule has 0 spiro atoms. The number of halogens is 1. The molecule has 1 aromatic heterocycles. The van der Waals surface area contributed by atoms with Gasteiger partial charge in [-0.15, -0.1) is 0 Å². The Bertz CT molecular complexity index is 322. The number of aromatic nitrogens is 3. The van der Waals surface area contributed by atoms with Gasteiger partial charge in [-0.1, -0.05) is 40.0 Å². The molecule has 0 radical (unpaired) electrons. The minimum atomic E-state index is -0.957. The molecule has 0 amide bonds. The molecule has 0 aliphatic carbocycles. The van der Waals surface area contributed by atoms with E-state index in [4.69, 9.17) is 0 Å². The largest absolute Gasteiger partial charge is 1.00 e. The van der Waals surface area contributed by atoms with Crippen molar-refractivity contribution in [3.8, 4) is 0 Å². The maximum Gasteiger partial charge on any atom is 0.161 e. The lowest BCUT2D eigenvalue weighted by Crippen LogP contribution is -3.00. The Labute approximate surface area is 131 Å². The Kier molecular flexibility index (Phi) is 10.5. The lowest BCUT2D eigenvalue weighted by atomic mass is 10.3. The van der Waals surface area contributed by atoms with Gasteiger partial charge in [-0.05, 0) is 12.8 Å². The molecule has 0 bridgehead atoms. The Morgan fingerprint density at radius 1 is 1.05 bits per heavy atom. The van der Waals surface area contributed by atoms with Crippen molar-refractivity contribution in [1.29, 1.82) is 0 Å². The van der Waals surface area contributed by atoms with Crippen LogP contribution >= 0.6 is 7.26 Å². The first-order valence-corrected chi connectivity index (χ1v) is 10.5. The highest BCUT2D eigenvalue weighted by atomic mass is 35.5. The SMILES string of the molecule is CCCC[P+](C)(CCCC)C(CCC)n1cncn1.[Cl-]. The molecular weight excluding hydrogens is 289 g/mol. The van der Waals surface area contributed by atoms with Crippen molar-refractivity contribution in [1.82, 2.24) is 14.8 Å². The summed E-state index contributed by atoms with van der Waals surface area (Å²) in [5, 5.41) is 4.45. The Hall–Kier alpha value is -0.140. The molecule has 1 atom stereocenters. The second kappa shape index (κ2) is 10.6. The van der Waals surface area contributed by atoms with E-state index < -0.39 is 7.26 Å². The van der Waals surface area contributed by atoms with Crippen LogP contribution in [0.15, 0.2) is 12.7 Å². The summed E-state index contributed by atoms with van der Waals surface area (Å²) in [6.45, 7) is 9.46. The zero-order valence-corrected chi connectivity index (χ0v) is 15.2. The van der Waals surface area contributed by atoms with Crippen molar-refractivity contribution >= 4 is 7.26 Å². The molecular formula is C15H31ClN3P. The minimum absolute atomic E-state index is 0. The molecule has 0 aliphatic rings. The molecule has 0 saturated carbocycles. The predicted molar refractivity (Wildman–Crippen MR) is 86.4 cm³/mol. The van der Waals surface area contributed by atoms with Gasteiger partial charge in [-0.25, -0.2) is 9.67 Å². The minimum Gasteiger partial charge on any atom is -1.00 e. The highest BCUT2D eigenvalue weighted by Crippen LogP contribution is 2.67. The standard InChI is InChI=1S/C15H31N3P.ClH/c1-5-8-11-19(4,12-9-6-2)15(10-7-3)18-14-16-13-17-18;/h13-15H,5-12H2,1-4H3;1H/q+1;/p-1. The van der Waals surface area contributed by atoms with Gasteiger partial charge in [-0.3, -0.25) is 0 Å². The van der Waals surface area contributed by atoms with Crippen molar-refractivity contribution in [3.05, 3.63) is 12.7 Å². The molecule has 0 N–H and O–H groups in total. The molecule has 1 heterocycles. The van der Waals surface area contributed by atoms with Crippen LogP contribution in [-0.4, -0.2) is 33.8 Å². The van der Waals surface area contributed by atoms with Gasteiger partial charge in [0.05, 0.1) is 19.0 Å². The van der Waals surface area contributed by atoms with Crippen LogP contribution in [0.4, 0.5) is 0 Å². The average Bonchev–Trinajstić information content (AvgIpc) is 2.94. The number of nitrogens with zero attached hydrogens (tertiary/aromatic N) is 3. The summed E-state index contributed by atoms with van der Waals surface area (Å²) in [5.41, 5.74) is 0. The second-order valence-electron chi connectivity index (χ2n) is 5.78. The number of unbranched alkanes of at least 4 members (excludes halogenated alkanes) is 2. The summed E-state index contributed by atoms with van der Waals surface area (Å²) in [4.78, 5) is 4.17. The van der Waals surface area contributed by atoms with Gasteiger partial charge in [0.1, 0.15) is 12.7 Å². The first-order valence-electron chi connectivity index (χ1n) is 7.86. The zero-order chi connectivity index (χ0) is 14.1. The summed E-state index contributed by atoms with van der Waals surface area (Å²) in [6.07, 6.45) is 14.3. The van der Waals surface area contributed by atoms with Gasteiger partial charge in [-0.2, -0.15) is 5.10 Å². The molecule has 0 aliphatic heterocycles. The van der Waals surface area contributed by atoms with E-state index in [0.717, 1.165) is 0 Å². The van der Waals surface area contributed by atoms with Crippen LogP contribution in [-0.2, 0) is 0 Å². The van der Waals surface area contributed by atoms with Gasteiger partial charge >= 0.3 is 0 Å². The van der Waals surface area contributed by atoms with Crippen molar-refractivity contribution in [2.75, 3.05) is 19.0 Å². The van der Waals surface area contributed by atoms with E-state index in [1.54, 1.807) is 6.33 Å². The Balaban J connectivity index is 0.00000361. The van der Waals surface area contributed by atoms with Crippen LogP contribution in [0, 0.1) is 0 Å². The summed E-state index contributed by atoms with van der Waals surface area (Å²) >= 11 is 0. The van der Waals surface area contributed by atoms with Crippen LogP contribution in [0.5, 0.6) is 0 Å². The molecule has 0 saturated heterocycles. The first kappa shape index (κ1) is 19.9. The van der Waals surface area contributed by atoms with E-state index in [2.05, 4.69) is 42.2 Å². The van der Waals surface area contributed by atoms with Crippen molar-refractivity contribution in [2.45, 2.75) is 65.1 Å². The summed E-state index contributed by atoms with van der Waals surface area (Å²) in [6, 6.07) is 0. The topological polar surface area (TPSA) is 30.7 Å². The summed E-state index contributed by atoms with van der Waals surface area (Å²) in [5.74, 6) is 0.609. The van der Waals surface area contributed by atoms with E-state index >= 15 is 0 Å². The van der Waals surface area contributed by atoms with Gasteiger partial charge in [0.2, 0.25) is 0 Å². The van der Waals surface area contributed by atoms with E-state index in [9.17, 15) is 0 Å². The fourth-order valence-electron chi connectivity index (χ4n) is 2.81. The second-order valence-corrected chi connectivity index (χ2v) is 10.2. The third kappa shape index (κ3) is 5.69. The fourth-order valence-corrected chi connectivity index (χ4v) is 7.28. The number of rotatable bonds is 10. The van der Waals surface area contributed by atoms with Gasteiger partial charge < -0.3 is 12.4 Å². The van der Waals surface area contributed by atoms with Crippen LogP contribution in [0.2, 0.25) is 0 Å². The highest BCUT2D eigenvalue weighted by molar-refractivity contribution is 7.75. The molecule has 1 aromatic rings. The number of hydrogen-bond donors (Lipinski definition) is 0. The summed E-state index contributed by atoms with van der Waals surface area (Å²) < 4.78 is 2.16. The molecule has 0 fully saturated rings. The number of hydrogen-bond acceptors (Lipinski definition) is 2. The molecule has 5 heteroatoms. The highest BCUT2D eigenvalue weighted by Gasteiger charge is 2.41. The van der Waals surface area contributed by atoms with Crippen molar-refractivity contribution in [3.63, 3.8) is 0 Å². The van der Waals surface area contributed by atoms with E-state index in [-0.39, 0.29) is 12.4 Å². The molecule has 118 valence electrons. The maximum atomic E-state index is 4.45. The summed E-state index contributed by atoms with van der Waals surface area (Å²) in [7, 11) is -0.957. The van der Waals surface area contributed by atoms with Gasteiger partial charge in [0.15, 0.2) is 5.78 Å². The van der Waals surface area contributed by atoms with Crippen molar-refractivity contribution in [2.24, 2.45) is 0 Å². The maximum absolute atomic E-state index is 4.45. The zero-order valence-electron chi connectivity index (χ0n) is 13.6. The van der Waals surface area contributed by atoms with E-state index in [0.29, 0.717) is 5.78 Å². The molecule has 1 rings (SSSR count). The first-order chi connectivity index (χ1) is 9.18. The lowest BCUT2D eigenvalue weighted by Gasteiger charge is -2.31. The van der Waals surface area contributed by atoms with Gasteiger partial charge in [0.25, 0.3) is 0 Å². The molecule has 1 unspecified atom stereocenters. The molecule has 0 aromatic carbocycles. The predicted octanol–water partition coefficient (Wildman–Crippen LogP) is 1.83. The van der Waals surface area contributed by atoms with Crippen LogP contribution in [0.1, 0.15) is 65.1 Å². The molecule has 3 nitrogen and oxygen atoms in total. The van der Waals surface area contributed by atoms with E-state index in [1.807, 2.05) is 6.33 Å². The smallest absolute Gasteiger partial charge is 0.161 e. The third-order valence-corrected chi connectivity index (χ3v) is 8.66. The normalized spacial score (nSPS) is 13.0. The lowest BCUT2D eigenvalue weighted by molar-refractivity contribution is -0.00000449. The van der Waals surface area contributed by atoms with Crippen LogP contribution in [0.25, 0.3) is 0 Å². The fraction of sp³-hybridized carbons (Fsp3) is 0.867. The van der Waals surface area contributed by atoms with Crippen LogP contribution < -0.4 is 12.4 Å². The van der Waals surface area contributed by atoms with E-state index in [1.165, 1.54) is 50.8 Å². The quantitative estimate of drug-likeness (QED) is 0.616. The molecule has 20 heavy (non-hydrogen) atoms. The average molecular weight is 320 g/mol. The Morgan fingerprint density at radius 3 is 2.05 bits per heavy atom. The van der Waals surface area contributed by atoms with Crippen molar-refractivity contribution < 1.29 is 12.4 Å².